The molecule has 0 fully saturated rings. The second-order valence-electron chi connectivity index (χ2n) is 4.59. The van der Waals surface area contributed by atoms with E-state index in [9.17, 15) is 13.9 Å². The molecular formula is C14H17F2N3O. The highest BCUT2D eigenvalue weighted by atomic mass is 19.1. The van der Waals surface area contributed by atoms with Crippen LogP contribution >= 0.6 is 0 Å². The number of nitrogens with zero attached hydrogens (tertiary/aromatic N) is 2. The maximum absolute atomic E-state index is 13.4. The lowest BCUT2D eigenvalue weighted by molar-refractivity contribution is 0.170. The van der Waals surface area contributed by atoms with E-state index in [-0.39, 0.29) is 12.1 Å². The molecule has 1 aromatic heterocycles. The van der Waals surface area contributed by atoms with Crippen molar-refractivity contribution in [3.05, 3.63) is 53.6 Å². The smallest absolute Gasteiger partial charge is 0.131 e. The Bertz CT molecular complexity index is 571. The monoisotopic (exact) mass is 281 g/mol. The zero-order valence-electron chi connectivity index (χ0n) is 11.2. The molecule has 108 valence electrons. The number of nitrogens with one attached hydrogen (secondary N) is 1. The van der Waals surface area contributed by atoms with Gasteiger partial charge in [-0.25, -0.2) is 13.8 Å². The van der Waals surface area contributed by atoms with E-state index in [1.54, 1.807) is 6.20 Å². The Morgan fingerprint density at radius 2 is 2.20 bits per heavy atom. The van der Waals surface area contributed by atoms with Crippen molar-refractivity contribution in [3.63, 3.8) is 0 Å². The number of aryl methyl sites for hydroxylation is 1. The van der Waals surface area contributed by atoms with E-state index in [4.69, 9.17) is 0 Å². The Hall–Kier alpha value is -1.79. The molecular weight excluding hydrogens is 264 g/mol. The van der Waals surface area contributed by atoms with Crippen LogP contribution in [0.5, 0.6) is 0 Å². The lowest BCUT2D eigenvalue weighted by Gasteiger charge is -2.13. The van der Waals surface area contributed by atoms with Gasteiger partial charge in [0.1, 0.15) is 17.5 Å². The predicted molar refractivity (Wildman–Crippen MR) is 71.1 cm³/mol. The molecule has 0 aliphatic carbocycles. The Labute approximate surface area is 116 Å². The molecule has 0 bridgehead atoms. The van der Waals surface area contributed by atoms with Gasteiger partial charge in [-0.15, -0.1) is 0 Å². The van der Waals surface area contributed by atoms with Crippen molar-refractivity contribution in [3.8, 4) is 0 Å². The van der Waals surface area contributed by atoms with Gasteiger partial charge in [-0.3, -0.25) is 0 Å². The summed E-state index contributed by atoms with van der Waals surface area (Å²) in [6, 6.07) is 3.16. The van der Waals surface area contributed by atoms with Crippen LogP contribution in [0.2, 0.25) is 0 Å². The van der Waals surface area contributed by atoms with Crippen molar-refractivity contribution in [2.24, 2.45) is 7.05 Å². The van der Waals surface area contributed by atoms with E-state index < -0.39 is 17.7 Å². The van der Waals surface area contributed by atoms with Gasteiger partial charge in [0.15, 0.2) is 0 Å². The fourth-order valence-electron chi connectivity index (χ4n) is 1.96. The topological polar surface area (TPSA) is 50.1 Å². The molecule has 4 nitrogen and oxygen atoms in total. The molecule has 2 rings (SSSR count). The highest BCUT2D eigenvalue weighted by Gasteiger charge is 2.13. The molecule has 0 radical (unpaired) electrons. The van der Waals surface area contributed by atoms with E-state index in [2.05, 4.69) is 10.3 Å². The summed E-state index contributed by atoms with van der Waals surface area (Å²) >= 11 is 0. The molecule has 0 saturated carbocycles. The molecule has 0 saturated heterocycles. The van der Waals surface area contributed by atoms with Crippen molar-refractivity contribution >= 4 is 0 Å². The molecule has 0 amide bonds. The highest BCUT2D eigenvalue weighted by Crippen LogP contribution is 2.17. The third-order valence-electron chi connectivity index (χ3n) is 3.11. The average Bonchev–Trinajstić information content (AvgIpc) is 2.80. The minimum atomic E-state index is -1.00. The van der Waals surface area contributed by atoms with E-state index in [1.807, 2.05) is 17.8 Å². The van der Waals surface area contributed by atoms with Crippen LogP contribution in [0.4, 0.5) is 8.78 Å². The van der Waals surface area contributed by atoms with Crippen molar-refractivity contribution in [1.29, 1.82) is 0 Å². The summed E-state index contributed by atoms with van der Waals surface area (Å²) in [7, 11) is 1.91. The standard InChI is InChI=1S/C14H17F2N3O/c1-19-7-6-18-14(19)4-5-17-9-13(20)11-3-2-10(15)8-12(11)16/h2-3,6-8,13,17,20H,4-5,9H2,1H3. The van der Waals surface area contributed by atoms with Gasteiger partial charge in [-0.05, 0) is 6.07 Å². The third kappa shape index (κ3) is 3.61. The van der Waals surface area contributed by atoms with Crippen molar-refractivity contribution in [2.75, 3.05) is 13.1 Å². The number of aliphatic hydroxyl groups is 1. The minimum Gasteiger partial charge on any atom is -0.387 e. The maximum Gasteiger partial charge on any atom is 0.131 e. The van der Waals surface area contributed by atoms with E-state index in [1.165, 1.54) is 6.07 Å². The van der Waals surface area contributed by atoms with Crippen molar-refractivity contribution in [1.82, 2.24) is 14.9 Å². The number of aromatic nitrogens is 2. The fraction of sp³-hybridized carbons (Fsp3) is 0.357. The van der Waals surface area contributed by atoms with Gasteiger partial charge in [0, 0.05) is 50.6 Å². The predicted octanol–water partition coefficient (Wildman–Crippen LogP) is 1.56. The van der Waals surface area contributed by atoms with Crippen molar-refractivity contribution < 1.29 is 13.9 Å². The van der Waals surface area contributed by atoms with Crippen LogP contribution in [0.3, 0.4) is 0 Å². The SMILES string of the molecule is Cn1ccnc1CCNCC(O)c1ccc(F)cc1F. The summed E-state index contributed by atoms with van der Waals surface area (Å²) in [5.74, 6) is -0.454. The summed E-state index contributed by atoms with van der Waals surface area (Å²) in [6.07, 6.45) is 3.29. The summed E-state index contributed by atoms with van der Waals surface area (Å²) in [5, 5.41) is 12.9. The zero-order valence-corrected chi connectivity index (χ0v) is 11.2. The molecule has 1 heterocycles. The zero-order chi connectivity index (χ0) is 14.5. The first-order chi connectivity index (χ1) is 9.58. The van der Waals surface area contributed by atoms with Crippen LogP contribution in [0.1, 0.15) is 17.5 Å². The quantitative estimate of drug-likeness (QED) is 0.790. The van der Waals surface area contributed by atoms with Crippen LogP contribution in [0.15, 0.2) is 30.6 Å². The first-order valence-corrected chi connectivity index (χ1v) is 6.38. The van der Waals surface area contributed by atoms with Gasteiger partial charge in [-0.1, -0.05) is 6.07 Å². The van der Waals surface area contributed by atoms with Crippen LogP contribution in [0, 0.1) is 11.6 Å². The molecule has 0 aliphatic rings. The summed E-state index contributed by atoms with van der Waals surface area (Å²) in [5.41, 5.74) is 0.0934. The van der Waals surface area contributed by atoms with Gasteiger partial charge in [0.25, 0.3) is 0 Å². The normalized spacial score (nSPS) is 12.6. The first-order valence-electron chi connectivity index (χ1n) is 6.38. The molecule has 2 aromatic rings. The Kier molecular flexibility index (Phi) is 4.81. The number of hydrogen-bond acceptors (Lipinski definition) is 3. The number of aliphatic hydroxyl groups excluding tert-OH is 1. The number of hydrogen-bond donors (Lipinski definition) is 2. The summed E-state index contributed by atoms with van der Waals surface area (Å²) in [4.78, 5) is 4.17. The maximum atomic E-state index is 13.4. The number of benzene rings is 1. The van der Waals surface area contributed by atoms with Crippen LogP contribution < -0.4 is 5.32 Å². The number of halogens is 2. The van der Waals surface area contributed by atoms with E-state index in [0.717, 1.165) is 18.0 Å². The van der Waals surface area contributed by atoms with E-state index in [0.29, 0.717) is 13.0 Å². The van der Waals surface area contributed by atoms with Crippen LogP contribution in [0.25, 0.3) is 0 Å². The van der Waals surface area contributed by atoms with Gasteiger partial charge >= 0.3 is 0 Å². The van der Waals surface area contributed by atoms with Gasteiger partial charge < -0.3 is 15.0 Å². The fourth-order valence-corrected chi connectivity index (χ4v) is 1.96. The highest BCUT2D eigenvalue weighted by molar-refractivity contribution is 5.21. The minimum absolute atomic E-state index is 0.0934. The number of imidazole rings is 1. The second-order valence-corrected chi connectivity index (χ2v) is 4.59. The molecule has 0 aliphatic heterocycles. The molecule has 0 spiro atoms. The van der Waals surface area contributed by atoms with Gasteiger partial charge in [0.05, 0.1) is 6.10 Å². The molecule has 20 heavy (non-hydrogen) atoms. The lowest BCUT2D eigenvalue weighted by atomic mass is 10.1. The molecule has 1 unspecified atom stereocenters. The largest absolute Gasteiger partial charge is 0.387 e. The second kappa shape index (κ2) is 6.58. The van der Waals surface area contributed by atoms with E-state index >= 15 is 0 Å². The molecule has 1 atom stereocenters. The number of rotatable bonds is 6. The Balaban J connectivity index is 1.80. The summed E-state index contributed by atoms with van der Waals surface area (Å²) < 4.78 is 28.1. The summed E-state index contributed by atoms with van der Waals surface area (Å²) in [6.45, 7) is 0.817. The Morgan fingerprint density at radius 1 is 1.40 bits per heavy atom. The molecule has 1 aromatic carbocycles. The lowest BCUT2D eigenvalue weighted by Crippen LogP contribution is -2.25. The molecule has 6 heteroatoms. The van der Waals surface area contributed by atoms with Crippen molar-refractivity contribution in [2.45, 2.75) is 12.5 Å². The Morgan fingerprint density at radius 3 is 2.85 bits per heavy atom. The van der Waals surface area contributed by atoms with Gasteiger partial charge in [0.2, 0.25) is 0 Å². The van der Waals surface area contributed by atoms with Crippen LogP contribution in [-0.2, 0) is 13.5 Å². The average molecular weight is 281 g/mol. The van der Waals surface area contributed by atoms with Gasteiger partial charge in [-0.2, -0.15) is 0 Å². The molecule has 2 N–H and O–H groups in total. The third-order valence-corrected chi connectivity index (χ3v) is 3.11. The first kappa shape index (κ1) is 14.6. The van der Waals surface area contributed by atoms with Crippen LogP contribution in [-0.4, -0.2) is 27.7 Å².